The zero-order valence-corrected chi connectivity index (χ0v) is 16.1. The second-order valence-corrected chi connectivity index (χ2v) is 8.28. The third-order valence-corrected chi connectivity index (χ3v) is 5.73. The Kier molecular flexibility index (Phi) is 5.96. The highest BCUT2D eigenvalue weighted by Crippen LogP contribution is 2.30. The highest BCUT2D eigenvalue weighted by atomic mass is 32.2. The Hall–Kier alpha value is -2.83. The van der Waals surface area contributed by atoms with Crippen molar-refractivity contribution in [3.05, 3.63) is 59.6 Å². The number of sulfonamides is 1. The molecule has 7 nitrogen and oxygen atoms in total. The van der Waals surface area contributed by atoms with Gasteiger partial charge in [0.25, 0.3) is 0 Å². The van der Waals surface area contributed by atoms with Crippen molar-refractivity contribution in [3.63, 3.8) is 0 Å². The summed E-state index contributed by atoms with van der Waals surface area (Å²) in [7, 11) is -4.31. The summed E-state index contributed by atoms with van der Waals surface area (Å²) in [5.74, 6) is -0.720. The van der Waals surface area contributed by atoms with E-state index in [2.05, 4.69) is 15.3 Å². The van der Waals surface area contributed by atoms with Crippen molar-refractivity contribution >= 4 is 32.4 Å². The molecule has 1 amide bonds. The average molecular weight is 442 g/mol. The summed E-state index contributed by atoms with van der Waals surface area (Å²) >= 11 is 1.12. The molecule has 0 bridgehead atoms. The minimum absolute atomic E-state index is 0.230. The molecule has 0 radical (unpaired) electrons. The second-order valence-electron chi connectivity index (χ2n) is 5.65. The number of thiazole rings is 1. The van der Waals surface area contributed by atoms with Crippen LogP contribution in [-0.2, 0) is 21.0 Å². The molecule has 29 heavy (non-hydrogen) atoms. The first-order valence-corrected chi connectivity index (χ1v) is 10.4. The van der Waals surface area contributed by atoms with Crippen molar-refractivity contribution < 1.29 is 26.4 Å². The van der Waals surface area contributed by atoms with E-state index >= 15 is 0 Å². The van der Waals surface area contributed by atoms with Gasteiger partial charge >= 0.3 is 6.18 Å². The normalized spacial score (nSPS) is 12.0. The van der Waals surface area contributed by atoms with Crippen molar-refractivity contribution in [1.29, 1.82) is 0 Å². The molecule has 2 heterocycles. The second kappa shape index (κ2) is 8.27. The molecule has 0 fully saturated rings. The lowest BCUT2D eigenvalue weighted by atomic mass is 10.2. The fraction of sp³-hybridized carbons (Fsp3) is 0.118. The molecule has 0 atom stereocenters. The molecule has 0 aliphatic rings. The molecule has 2 N–H and O–H groups in total. The number of amides is 1. The lowest BCUT2D eigenvalue weighted by Gasteiger charge is -2.10. The molecule has 12 heteroatoms. The SMILES string of the molecule is O=C(CNS(=O)(=O)c1cccc(C(F)(F)F)c1)Nc1nc(-c2ccccn2)cs1. The molecular weight excluding hydrogens is 429 g/mol. The Labute approximate surface area is 167 Å². The van der Waals surface area contributed by atoms with Crippen LogP contribution in [0.25, 0.3) is 11.4 Å². The van der Waals surface area contributed by atoms with Crippen LogP contribution in [0.15, 0.2) is 58.9 Å². The van der Waals surface area contributed by atoms with Gasteiger partial charge in [-0.05, 0) is 30.3 Å². The van der Waals surface area contributed by atoms with E-state index in [0.717, 1.165) is 29.5 Å². The van der Waals surface area contributed by atoms with Crippen LogP contribution in [0.2, 0.25) is 0 Å². The number of nitrogens with zero attached hydrogens (tertiary/aromatic N) is 2. The molecule has 3 aromatic rings. The fourth-order valence-electron chi connectivity index (χ4n) is 2.21. The van der Waals surface area contributed by atoms with Crippen LogP contribution in [0.3, 0.4) is 0 Å². The van der Waals surface area contributed by atoms with Gasteiger partial charge in [0.1, 0.15) is 5.69 Å². The van der Waals surface area contributed by atoms with E-state index in [4.69, 9.17) is 0 Å². The topological polar surface area (TPSA) is 101 Å². The summed E-state index contributed by atoms with van der Waals surface area (Å²) < 4.78 is 64.6. The molecule has 2 aromatic heterocycles. The molecule has 3 rings (SSSR count). The molecular formula is C17H13F3N4O3S2. The number of hydrogen-bond acceptors (Lipinski definition) is 6. The summed E-state index contributed by atoms with van der Waals surface area (Å²) in [6.45, 7) is -0.670. The Balaban J connectivity index is 1.63. The van der Waals surface area contributed by atoms with E-state index in [9.17, 15) is 26.4 Å². The number of carbonyl (C=O) groups excluding carboxylic acids is 1. The summed E-state index contributed by atoms with van der Waals surface area (Å²) in [6, 6.07) is 8.51. The van der Waals surface area contributed by atoms with Crippen molar-refractivity contribution in [3.8, 4) is 11.4 Å². The van der Waals surface area contributed by atoms with Crippen LogP contribution in [0.4, 0.5) is 18.3 Å². The van der Waals surface area contributed by atoms with E-state index in [0.29, 0.717) is 17.5 Å². The predicted molar refractivity (Wildman–Crippen MR) is 101 cm³/mol. The van der Waals surface area contributed by atoms with E-state index in [1.807, 2.05) is 4.72 Å². The number of rotatable bonds is 6. The van der Waals surface area contributed by atoms with Crippen molar-refractivity contribution in [2.45, 2.75) is 11.1 Å². The number of anilines is 1. The Morgan fingerprint density at radius 3 is 2.59 bits per heavy atom. The number of pyridine rings is 1. The number of benzene rings is 1. The fourth-order valence-corrected chi connectivity index (χ4v) is 3.96. The quantitative estimate of drug-likeness (QED) is 0.611. The summed E-state index contributed by atoms with van der Waals surface area (Å²) in [5.41, 5.74) is 0.0413. The molecule has 0 aliphatic carbocycles. The van der Waals surface area contributed by atoms with Crippen molar-refractivity contribution in [1.82, 2.24) is 14.7 Å². The first-order valence-electron chi connectivity index (χ1n) is 7.99. The van der Waals surface area contributed by atoms with E-state index in [1.165, 1.54) is 0 Å². The van der Waals surface area contributed by atoms with Crippen molar-refractivity contribution in [2.75, 3.05) is 11.9 Å². The predicted octanol–water partition coefficient (Wildman–Crippen LogP) is 3.14. The van der Waals surface area contributed by atoms with Gasteiger partial charge in [-0.3, -0.25) is 9.78 Å². The monoisotopic (exact) mass is 442 g/mol. The molecule has 0 aliphatic heterocycles. The van der Waals surface area contributed by atoms with Gasteiger partial charge in [0.05, 0.1) is 22.7 Å². The maximum atomic E-state index is 12.7. The zero-order valence-electron chi connectivity index (χ0n) is 14.5. The molecule has 152 valence electrons. The highest BCUT2D eigenvalue weighted by Gasteiger charge is 2.31. The van der Waals surface area contributed by atoms with Crippen LogP contribution < -0.4 is 10.0 Å². The standard InChI is InChI=1S/C17H13F3N4O3S2/c18-17(19,20)11-4-3-5-12(8-11)29(26,27)22-9-15(25)24-16-23-14(10-28-16)13-6-1-2-7-21-13/h1-8,10,22H,9H2,(H,23,24,25). The van der Waals surface area contributed by atoms with Crippen LogP contribution in [0, 0.1) is 0 Å². The minimum Gasteiger partial charge on any atom is -0.301 e. The van der Waals surface area contributed by atoms with Gasteiger partial charge < -0.3 is 5.32 Å². The molecule has 0 saturated carbocycles. The summed E-state index contributed by atoms with van der Waals surface area (Å²) in [5, 5.41) is 4.33. The maximum Gasteiger partial charge on any atom is 0.416 e. The lowest BCUT2D eigenvalue weighted by Crippen LogP contribution is -2.33. The van der Waals surface area contributed by atoms with E-state index < -0.39 is 39.1 Å². The third-order valence-electron chi connectivity index (χ3n) is 3.57. The highest BCUT2D eigenvalue weighted by molar-refractivity contribution is 7.89. The van der Waals surface area contributed by atoms with Gasteiger partial charge in [0, 0.05) is 11.6 Å². The average Bonchev–Trinajstić information content (AvgIpc) is 3.15. The third kappa shape index (κ3) is 5.37. The largest absolute Gasteiger partial charge is 0.416 e. The molecule has 0 saturated heterocycles. The van der Waals surface area contributed by atoms with Gasteiger partial charge in [-0.15, -0.1) is 11.3 Å². The summed E-state index contributed by atoms with van der Waals surface area (Å²) in [6.07, 6.45) is -3.09. The first kappa shape index (κ1) is 20.9. The molecule has 0 unspecified atom stereocenters. The number of halogens is 3. The van der Waals surface area contributed by atoms with Gasteiger partial charge in [-0.25, -0.2) is 18.1 Å². The number of hydrogen-bond donors (Lipinski definition) is 2. The first-order chi connectivity index (χ1) is 13.6. The number of nitrogens with one attached hydrogen (secondary N) is 2. The molecule has 0 spiro atoms. The van der Waals surface area contributed by atoms with Crippen LogP contribution in [0.1, 0.15) is 5.56 Å². The Morgan fingerprint density at radius 2 is 1.90 bits per heavy atom. The van der Waals surface area contributed by atoms with Gasteiger partial charge in [-0.2, -0.15) is 13.2 Å². The van der Waals surface area contributed by atoms with Crippen LogP contribution in [0.5, 0.6) is 0 Å². The number of carbonyl (C=O) groups is 1. The zero-order chi connectivity index (χ0) is 21.1. The smallest absolute Gasteiger partial charge is 0.301 e. The van der Waals surface area contributed by atoms with Gasteiger partial charge in [0.2, 0.25) is 15.9 Å². The van der Waals surface area contributed by atoms with Crippen molar-refractivity contribution in [2.24, 2.45) is 0 Å². The summed E-state index contributed by atoms with van der Waals surface area (Å²) in [4.78, 5) is 19.7. The lowest BCUT2D eigenvalue weighted by molar-refractivity contribution is -0.137. The van der Waals surface area contributed by atoms with Crippen LogP contribution >= 0.6 is 11.3 Å². The molecule has 1 aromatic carbocycles. The van der Waals surface area contributed by atoms with Crippen LogP contribution in [-0.4, -0.2) is 30.8 Å². The maximum absolute atomic E-state index is 12.7. The Morgan fingerprint density at radius 1 is 1.10 bits per heavy atom. The van der Waals surface area contributed by atoms with Gasteiger partial charge in [-0.1, -0.05) is 12.1 Å². The minimum atomic E-state index is -4.68. The van der Waals surface area contributed by atoms with E-state index in [1.54, 1.807) is 29.8 Å². The number of alkyl halides is 3. The number of aromatic nitrogens is 2. The van der Waals surface area contributed by atoms with E-state index in [-0.39, 0.29) is 5.13 Å². The Bertz CT molecular complexity index is 1120. The van der Waals surface area contributed by atoms with Gasteiger partial charge in [0.15, 0.2) is 5.13 Å².